The van der Waals surface area contributed by atoms with Crippen molar-refractivity contribution in [2.75, 3.05) is 6.54 Å². The van der Waals surface area contributed by atoms with Crippen LogP contribution in [0.4, 0.5) is 0 Å². The van der Waals surface area contributed by atoms with Crippen molar-refractivity contribution in [3.05, 3.63) is 33.4 Å². The Morgan fingerprint density at radius 1 is 1.14 bits per heavy atom. The molecule has 0 heterocycles. The lowest BCUT2D eigenvalue weighted by atomic mass is 10.1. The van der Waals surface area contributed by atoms with Crippen molar-refractivity contribution in [3.8, 4) is 0 Å². The molecular weight excluding hydrogens is 393 g/mol. The van der Waals surface area contributed by atoms with Gasteiger partial charge in [0.25, 0.3) is 0 Å². The van der Waals surface area contributed by atoms with E-state index < -0.39 is 11.9 Å². The highest BCUT2D eigenvalue weighted by atomic mass is 127. The molecule has 1 unspecified atom stereocenters. The summed E-state index contributed by atoms with van der Waals surface area (Å²) in [6, 6.07) is 7.77. The van der Waals surface area contributed by atoms with Crippen LogP contribution in [0.25, 0.3) is 0 Å². The fourth-order valence-corrected chi connectivity index (χ4v) is 2.41. The monoisotopic (exact) mass is 417 g/mol. The number of nitrogens with one attached hydrogen (secondary N) is 1. The van der Waals surface area contributed by atoms with Crippen LogP contribution in [0.1, 0.15) is 37.7 Å². The number of benzene rings is 1. The first-order valence-corrected chi connectivity index (χ1v) is 8.63. The van der Waals surface area contributed by atoms with Crippen molar-refractivity contribution >= 4 is 34.4 Å². The maximum absolute atomic E-state index is 11.7. The van der Waals surface area contributed by atoms with E-state index in [9.17, 15) is 9.59 Å². The third-order valence-corrected chi connectivity index (χ3v) is 4.13. The summed E-state index contributed by atoms with van der Waals surface area (Å²) >= 11 is 2.28. The molecule has 0 bridgehead atoms. The number of halogens is 1. The highest BCUT2D eigenvalue weighted by Crippen LogP contribution is 2.09. The summed E-state index contributed by atoms with van der Waals surface area (Å²) in [6.07, 6.45) is 4.46. The zero-order chi connectivity index (χ0) is 16.4. The van der Waals surface area contributed by atoms with Crippen LogP contribution >= 0.6 is 22.6 Å². The van der Waals surface area contributed by atoms with E-state index in [1.807, 2.05) is 0 Å². The molecule has 0 saturated heterocycles. The average molecular weight is 417 g/mol. The van der Waals surface area contributed by atoms with Gasteiger partial charge in [-0.1, -0.05) is 12.1 Å². The molecule has 0 fully saturated rings. The summed E-state index contributed by atoms with van der Waals surface area (Å²) in [4.78, 5) is 22.4. The van der Waals surface area contributed by atoms with E-state index in [-0.39, 0.29) is 5.91 Å². The standard InChI is InChI=1S/C16H24IN3O2/c17-13-9-7-12(8-10-13)4-3-6-15(21)20-11-2-1-5-14(18)16(19)22/h7-10,14H,1-6,11,18H2,(H2,19,22)(H,20,21). The first-order chi connectivity index (χ1) is 10.5. The van der Waals surface area contributed by atoms with Gasteiger partial charge in [0.1, 0.15) is 0 Å². The first kappa shape index (κ1) is 18.9. The summed E-state index contributed by atoms with van der Waals surface area (Å²) in [5, 5.41) is 2.88. The molecule has 6 heteroatoms. The number of carbonyl (C=O) groups excluding carboxylic acids is 2. The molecule has 1 atom stereocenters. The third kappa shape index (κ3) is 8.33. The summed E-state index contributed by atoms with van der Waals surface area (Å²) in [5.41, 5.74) is 11.9. The Morgan fingerprint density at radius 3 is 2.45 bits per heavy atom. The zero-order valence-electron chi connectivity index (χ0n) is 12.7. The summed E-state index contributed by atoms with van der Waals surface area (Å²) in [7, 11) is 0. The summed E-state index contributed by atoms with van der Waals surface area (Å²) < 4.78 is 1.22. The molecule has 122 valence electrons. The zero-order valence-corrected chi connectivity index (χ0v) is 14.8. The van der Waals surface area contributed by atoms with Crippen LogP contribution in [0.2, 0.25) is 0 Å². The van der Waals surface area contributed by atoms with Gasteiger partial charge in [-0.15, -0.1) is 0 Å². The lowest BCUT2D eigenvalue weighted by molar-refractivity contribution is -0.121. The maximum atomic E-state index is 11.7. The molecule has 5 nitrogen and oxygen atoms in total. The van der Waals surface area contributed by atoms with Gasteiger partial charge >= 0.3 is 0 Å². The number of hydrogen-bond acceptors (Lipinski definition) is 3. The Hall–Kier alpha value is -1.15. The summed E-state index contributed by atoms with van der Waals surface area (Å²) in [6.45, 7) is 0.619. The number of rotatable bonds is 10. The highest BCUT2D eigenvalue weighted by Gasteiger charge is 2.08. The largest absolute Gasteiger partial charge is 0.368 e. The van der Waals surface area contributed by atoms with Crippen molar-refractivity contribution in [1.82, 2.24) is 5.32 Å². The average Bonchev–Trinajstić information content (AvgIpc) is 2.48. The second-order valence-electron chi connectivity index (χ2n) is 5.33. The minimum atomic E-state index is -0.579. The van der Waals surface area contributed by atoms with Gasteiger partial charge in [0.2, 0.25) is 11.8 Å². The number of carbonyl (C=O) groups is 2. The van der Waals surface area contributed by atoms with Gasteiger partial charge in [-0.3, -0.25) is 9.59 Å². The number of aryl methyl sites for hydroxylation is 1. The first-order valence-electron chi connectivity index (χ1n) is 7.55. The van der Waals surface area contributed by atoms with Gasteiger partial charge in [0.15, 0.2) is 0 Å². The number of primary amides is 1. The Labute approximate surface area is 145 Å². The van der Waals surface area contributed by atoms with Crippen molar-refractivity contribution in [3.63, 3.8) is 0 Å². The van der Waals surface area contributed by atoms with Crippen LogP contribution < -0.4 is 16.8 Å². The second kappa shape index (κ2) is 10.6. The molecule has 0 aliphatic carbocycles. The van der Waals surface area contributed by atoms with Crippen LogP contribution in [0.5, 0.6) is 0 Å². The number of nitrogens with two attached hydrogens (primary N) is 2. The number of hydrogen-bond donors (Lipinski definition) is 3. The SMILES string of the molecule is NC(=O)C(N)CCCCNC(=O)CCCc1ccc(I)cc1. The number of amides is 2. The molecule has 0 radical (unpaired) electrons. The van der Waals surface area contributed by atoms with Gasteiger partial charge in [-0.05, 0) is 72.4 Å². The van der Waals surface area contributed by atoms with Gasteiger partial charge in [0, 0.05) is 16.5 Å². The Morgan fingerprint density at radius 2 is 1.82 bits per heavy atom. The van der Waals surface area contributed by atoms with Gasteiger partial charge in [-0.25, -0.2) is 0 Å². The van der Waals surface area contributed by atoms with Gasteiger partial charge in [-0.2, -0.15) is 0 Å². The molecule has 22 heavy (non-hydrogen) atoms. The van der Waals surface area contributed by atoms with E-state index >= 15 is 0 Å². The second-order valence-corrected chi connectivity index (χ2v) is 6.58. The van der Waals surface area contributed by atoms with Crippen molar-refractivity contribution in [1.29, 1.82) is 0 Å². The van der Waals surface area contributed by atoms with Crippen LogP contribution in [0.3, 0.4) is 0 Å². The Bertz CT molecular complexity index is 477. The molecule has 2 amide bonds. The molecule has 0 aromatic heterocycles. The minimum Gasteiger partial charge on any atom is -0.368 e. The smallest absolute Gasteiger partial charge is 0.234 e. The molecule has 0 saturated carbocycles. The lowest BCUT2D eigenvalue weighted by Gasteiger charge is -2.08. The molecular formula is C16H24IN3O2. The number of unbranched alkanes of at least 4 members (excludes halogenated alkanes) is 1. The minimum absolute atomic E-state index is 0.0738. The fourth-order valence-electron chi connectivity index (χ4n) is 2.05. The van der Waals surface area contributed by atoms with Crippen LogP contribution in [0.15, 0.2) is 24.3 Å². The predicted octanol–water partition coefficient (Wildman–Crippen LogP) is 1.71. The van der Waals surface area contributed by atoms with E-state index in [0.717, 1.165) is 25.7 Å². The van der Waals surface area contributed by atoms with E-state index in [2.05, 4.69) is 52.2 Å². The molecule has 1 aromatic carbocycles. The Balaban J connectivity index is 2.04. The molecule has 0 aliphatic heterocycles. The third-order valence-electron chi connectivity index (χ3n) is 3.41. The van der Waals surface area contributed by atoms with Crippen molar-refractivity contribution < 1.29 is 9.59 Å². The van der Waals surface area contributed by atoms with Crippen LogP contribution in [0, 0.1) is 3.57 Å². The predicted molar refractivity (Wildman–Crippen MR) is 96.1 cm³/mol. The molecule has 5 N–H and O–H groups in total. The molecule has 0 aliphatic rings. The molecule has 0 spiro atoms. The van der Waals surface area contributed by atoms with E-state index in [1.165, 1.54) is 9.13 Å². The molecule has 1 rings (SSSR count). The Kier molecular flexibility index (Phi) is 9.07. The van der Waals surface area contributed by atoms with E-state index in [4.69, 9.17) is 11.5 Å². The highest BCUT2D eigenvalue weighted by molar-refractivity contribution is 14.1. The fraction of sp³-hybridized carbons (Fsp3) is 0.500. The topological polar surface area (TPSA) is 98.2 Å². The van der Waals surface area contributed by atoms with E-state index in [0.29, 0.717) is 19.4 Å². The van der Waals surface area contributed by atoms with Crippen molar-refractivity contribution in [2.24, 2.45) is 11.5 Å². The maximum Gasteiger partial charge on any atom is 0.234 e. The van der Waals surface area contributed by atoms with Gasteiger partial charge in [0.05, 0.1) is 6.04 Å². The van der Waals surface area contributed by atoms with Gasteiger partial charge < -0.3 is 16.8 Å². The van der Waals surface area contributed by atoms with E-state index in [1.54, 1.807) is 0 Å². The van der Waals surface area contributed by atoms with Crippen LogP contribution in [-0.4, -0.2) is 24.4 Å². The lowest BCUT2D eigenvalue weighted by Crippen LogP contribution is -2.36. The normalized spacial score (nSPS) is 11.9. The quantitative estimate of drug-likeness (QED) is 0.399. The van der Waals surface area contributed by atoms with Crippen molar-refractivity contribution in [2.45, 2.75) is 44.6 Å². The molecule has 1 aromatic rings. The summed E-state index contributed by atoms with van der Waals surface area (Å²) in [5.74, 6) is -0.399. The van der Waals surface area contributed by atoms with Crippen LogP contribution in [-0.2, 0) is 16.0 Å².